The molecule has 4 saturated heterocycles. The molecule has 5 amide bonds. The minimum atomic E-state index is -1.19. The summed E-state index contributed by atoms with van der Waals surface area (Å²) in [6, 6.07) is 24.0. The van der Waals surface area contributed by atoms with Gasteiger partial charge in [0, 0.05) is 102 Å². The molecule has 4 fully saturated rings. The van der Waals surface area contributed by atoms with Crippen molar-refractivity contribution in [3.8, 4) is 0 Å². The Morgan fingerprint density at radius 1 is 0.578 bits per heavy atom. The van der Waals surface area contributed by atoms with Gasteiger partial charge in [0.2, 0.25) is 5.91 Å². The van der Waals surface area contributed by atoms with Crippen LogP contribution in [-0.2, 0) is 41.6 Å². The van der Waals surface area contributed by atoms with Crippen LogP contribution in [0.25, 0.3) is 0 Å². The summed E-state index contributed by atoms with van der Waals surface area (Å²) in [6.45, 7) is 17.5. The number of carboxylic acid groups (broad SMARTS) is 1. The van der Waals surface area contributed by atoms with Crippen LogP contribution in [0.15, 0.2) is 84.9 Å². The molecule has 0 radical (unpaired) electrons. The van der Waals surface area contributed by atoms with Crippen LogP contribution in [0.1, 0.15) is 99.1 Å². The quantitative estimate of drug-likeness (QED) is 0.0649. The van der Waals surface area contributed by atoms with Crippen molar-refractivity contribution in [2.45, 2.75) is 104 Å². The van der Waals surface area contributed by atoms with Gasteiger partial charge in [0.25, 0.3) is 0 Å². The number of anilines is 4. The Morgan fingerprint density at radius 3 is 1.33 bits per heavy atom. The van der Waals surface area contributed by atoms with E-state index in [4.69, 9.17) is 18.9 Å². The average Bonchev–Trinajstić information content (AvgIpc) is 1.58. The molecule has 0 spiro atoms. The molecule has 3 N–H and O–H groups in total. The summed E-state index contributed by atoms with van der Waals surface area (Å²) in [6.07, 6.45) is -3.48. The molecule has 2 atom stereocenters. The van der Waals surface area contributed by atoms with E-state index < -0.39 is 59.6 Å². The van der Waals surface area contributed by atoms with Crippen LogP contribution in [0.3, 0.4) is 0 Å². The number of amides is 5. The predicted molar refractivity (Wildman–Crippen MR) is 330 cm³/mol. The smallest absolute Gasteiger partial charge is 0.550 e. The van der Waals surface area contributed by atoms with Crippen molar-refractivity contribution in [2.24, 2.45) is 0 Å². The van der Waals surface area contributed by atoms with E-state index in [2.05, 4.69) is 20.9 Å². The van der Waals surface area contributed by atoms with Gasteiger partial charge < -0.3 is 69.3 Å². The Kier molecular flexibility index (Phi) is 27.4. The number of rotatable bonds is 20. The first kappa shape index (κ1) is 72.9. The van der Waals surface area contributed by atoms with Gasteiger partial charge in [-0.3, -0.25) is 24.2 Å². The van der Waals surface area contributed by atoms with E-state index in [1.807, 2.05) is 67.2 Å². The Morgan fingerprint density at radius 2 is 0.967 bits per heavy atom. The molecule has 484 valence electrons. The molecule has 0 unspecified atom stereocenters. The molecule has 23 nitrogen and oxygen atoms in total. The summed E-state index contributed by atoms with van der Waals surface area (Å²) in [7, 11) is 7.91. The number of piperazine rings is 2. The number of aliphatic carboxylic acids is 1. The molecule has 90 heavy (non-hydrogen) atoms. The molecule has 4 aliphatic heterocycles. The third-order valence-corrected chi connectivity index (χ3v) is 14.1. The van der Waals surface area contributed by atoms with Gasteiger partial charge in [-0.25, -0.2) is 28.0 Å². The van der Waals surface area contributed by atoms with E-state index >= 15 is 4.39 Å². The second-order valence-corrected chi connectivity index (χ2v) is 24.5. The summed E-state index contributed by atoms with van der Waals surface area (Å²) in [5.74, 6) is -2.38. The number of ether oxygens (including phenoxy) is 4. The molecular weight excluding hydrogens is 1160 g/mol. The molecule has 4 aromatic carbocycles. The number of benzene rings is 4. The third-order valence-electron chi connectivity index (χ3n) is 14.1. The Hall–Kier alpha value is -7.82. The maximum atomic E-state index is 15.2. The maximum absolute atomic E-state index is 15.2. The van der Waals surface area contributed by atoms with E-state index in [0.29, 0.717) is 60.1 Å². The van der Waals surface area contributed by atoms with Gasteiger partial charge in [-0.1, -0.05) is 48.5 Å². The van der Waals surface area contributed by atoms with Crippen LogP contribution < -0.4 is 59.5 Å². The molecule has 0 saturated carbocycles. The van der Waals surface area contributed by atoms with Crippen molar-refractivity contribution in [2.75, 3.05) is 126 Å². The summed E-state index contributed by atoms with van der Waals surface area (Å²) in [5.41, 5.74) is 3.81. The van der Waals surface area contributed by atoms with E-state index in [-0.39, 0.29) is 94.0 Å². The van der Waals surface area contributed by atoms with Crippen molar-refractivity contribution in [1.29, 1.82) is 0 Å². The molecule has 0 aromatic heterocycles. The number of carbonyl (C=O) groups is 8. The molecule has 0 aliphatic carbocycles. The normalized spacial score (nSPS) is 16.6. The largest absolute Gasteiger partial charge is 1.00 e. The van der Waals surface area contributed by atoms with Gasteiger partial charge in [0.1, 0.15) is 35.0 Å². The number of nitrogens with zero attached hydrogens (tertiary/aromatic N) is 7. The van der Waals surface area contributed by atoms with Gasteiger partial charge in [-0.2, -0.15) is 0 Å². The number of carboxylic acids is 1. The number of halogens is 2. The fourth-order valence-corrected chi connectivity index (χ4v) is 9.85. The predicted octanol–water partition coefficient (Wildman–Crippen LogP) is 3.60. The average molecular weight is 1250 g/mol. The molecule has 4 aliphatic rings. The van der Waals surface area contributed by atoms with Crippen LogP contribution in [0.4, 0.5) is 50.7 Å². The van der Waals surface area contributed by atoms with Gasteiger partial charge in [0.15, 0.2) is 11.6 Å². The number of ketones is 2. The number of Topliss-reactive ketones (excluding diaryl/α,β-unsaturated/α-hetero) is 2. The zero-order valence-electron chi connectivity index (χ0n) is 53.7. The Balaban J connectivity index is 0.000000272. The minimum Gasteiger partial charge on any atom is -0.550 e. The number of alkyl carbamates (subject to hydrolysis) is 2. The molecule has 4 heterocycles. The molecule has 0 bridgehead atoms. The monoisotopic (exact) mass is 1250 g/mol. The second-order valence-electron chi connectivity index (χ2n) is 24.5. The zero-order chi connectivity index (χ0) is 65.2. The summed E-state index contributed by atoms with van der Waals surface area (Å²) in [4.78, 5) is 108. The minimum absolute atomic E-state index is 0. The van der Waals surface area contributed by atoms with Crippen LogP contribution in [0.2, 0.25) is 0 Å². The summed E-state index contributed by atoms with van der Waals surface area (Å²) >= 11 is 0. The van der Waals surface area contributed by atoms with E-state index in [1.165, 1.54) is 21.9 Å². The van der Waals surface area contributed by atoms with Crippen LogP contribution in [-0.4, -0.2) is 193 Å². The van der Waals surface area contributed by atoms with E-state index in [0.717, 1.165) is 50.4 Å². The molecule has 4 aromatic rings. The fraction of sp³-hybridized carbons (Fsp3) is 0.500. The molecule has 26 heteroatoms. The third kappa shape index (κ3) is 23.5. The number of nitrogens with one attached hydrogen (secondary N) is 3. The zero-order valence-corrected chi connectivity index (χ0v) is 53.7. The molecular formula is C64H85F2LiN10O13. The Labute approximate surface area is 537 Å². The van der Waals surface area contributed by atoms with Gasteiger partial charge in [-0.15, -0.1) is 0 Å². The topological polar surface area (TPSA) is 255 Å². The first-order chi connectivity index (χ1) is 42.0. The van der Waals surface area contributed by atoms with Crippen molar-refractivity contribution in [1.82, 2.24) is 30.7 Å². The van der Waals surface area contributed by atoms with Crippen molar-refractivity contribution < 1.29 is 90.1 Å². The van der Waals surface area contributed by atoms with Gasteiger partial charge in [0.05, 0.1) is 48.9 Å². The Bertz CT molecular complexity index is 3090. The fourth-order valence-electron chi connectivity index (χ4n) is 9.85. The van der Waals surface area contributed by atoms with Gasteiger partial charge >= 0.3 is 43.2 Å². The SMILES string of the molecule is CC(C)(C)OC(=O)NC[C@H]1CN(c2ccc(N3CCNCC3)c(F)c2)C(=O)O1.CN(C)Cc1ccc(C(=O)CCC(=O)N2CCN(c3ccc(N4C[C@H](CNC(=O)OC(C)(C)C)OC4=O)cc3F)CC2)cc1.CN(C)Cc1ccc(C(=O)CCC(=O)[O-])cc1.[Li+]. The van der Waals surface area contributed by atoms with E-state index in [9.17, 15) is 47.9 Å². The first-order valence-corrected chi connectivity index (χ1v) is 29.7. The standard InChI is InChI=1S/C32H42FN5O6.C19H27FN4O4.C13H17NO3.Li/c1-32(2,3)44-30(41)34-19-25-21-38(31(42)43-25)24-10-11-27(26(33)18-24)36-14-16-37(17-15-36)29(40)13-12-28(39)23-8-6-22(7-9-23)20-35(4)5;1-19(2,3)28-17(25)22-11-14-12-24(18(26)27-14)13-4-5-16(15(20)10-13)23-8-6-21-7-9-23;1-14(2)9-10-3-5-11(6-4-10)12(15)7-8-13(16)17;/h6-11,18,25H,12-17,19-21H2,1-5H3,(H,34,41);4-5,10,14,21H,6-9,11-12H2,1-3H3,(H,22,25);3-6H,7-9H2,1-2H3,(H,16,17);/q;;;+1/p-1/t25-;14-;;/m00../s1. The van der Waals surface area contributed by atoms with Crippen molar-refractivity contribution >= 4 is 70.6 Å². The van der Waals surface area contributed by atoms with E-state index in [1.54, 1.807) is 95.0 Å². The maximum Gasteiger partial charge on any atom is 1.00 e. The number of cyclic esters (lactones) is 2. The number of hydrogen-bond donors (Lipinski definition) is 3. The van der Waals surface area contributed by atoms with Crippen LogP contribution >= 0.6 is 0 Å². The van der Waals surface area contributed by atoms with Gasteiger partial charge in [-0.05, 0) is 124 Å². The van der Waals surface area contributed by atoms with Crippen molar-refractivity contribution in [3.05, 3.63) is 119 Å². The van der Waals surface area contributed by atoms with Crippen LogP contribution in [0.5, 0.6) is 0 Å². The van der Waals surface area contributed by atoms with Crippen LogP contribution in [0, 0.1) is 11.6 Å². The first-order valence-electron chi connectivity index (χ1n) is 29.7. The van der Waals surface area contributed by atoms with Crippen molar-refractivity contribution in [3.63, 3.8) is 0 Å². The summed E-state index contributed by atoms with van der Waals surface area (Å²) in [5, 5.41) is 18.6. The second kappa shape index (κ2) is 33.8. The number of carbonyl (C=O) groups excluding carboxylic acids is 8. The molecule has 8 rings (SSSR count). The summed E-state index contributed by atoms with van der Waals surface area (Å²) < 4.78 is 50.8. The number of hydrogen-bond acceptors (Lipinski definition) is 18.